The van der Waals surface area contributed by atoms with Crippen molar-refractivity contribution in [3.05, 3.63) is 53.9 Å². The number of aryl methyl sites for hydroxylation is 1. The molecule has 1 aromatic heterocycles. The molecule has 1 aliphatic heterocycles. The van der Waals surface area contributed by atoms with Crippen LogP contribution in [0, 0.1) is 0 Å². The highest BCUT2D eigenvalue weighted by Gasteiger charge is 2.22. The Balaban J connectivity index is 1.37. The topological polar surface area (TPSA) is 79.7 Å². The molecule has 8 nitrogen and oxygen atoms in total. The molecule has 0 spiro atoms. The third-order valence-corrected chi connectivity index (χ3v) is 6.70. The fourth-order valence-electron chi connectivity index (χ4n) is 4.60. The van der Waals surface area contributed by atoms with Crippen molar-refractivity contribution < 1.29 is 14.3 Å². The number of nitrogens with one attached hydrogen (secondary N) is 1. The van der Waals surface area contributed by atoms with E-state index < -0.39 is 0 Å². The normalized spacial score (nSPS) is 14.8. The van der Waals surface area contributed by atoms with Gasteiger partial charge in [-0.15, -0.1) is 0 Å². The van der Waals surface area contributed by atoms with Crippen molar-refractivity contribution in [3.8, 4) is 5.75 Å². The number of piperazine rings is 1. The SMILES string of the molecule is CCC(=O)N1CCN(Cc2nc3cc(NC(=O)COc4ccccc4C(C)(C)C)ccc3n2C)CC1. The van der Waals surface area contributed by atoms with Gasteiger partial charge in [0.2, 0.25) is 5.91 Å². The summed E-state index contributed by atoms with van der Waals surface area (Å²) < 4.78 is 7.95. The van der Waals surface area contributed by atoms with Crippen LogP contribution in [-0.4, -0.2) is 64.0 Å². The van der Waals surface area contributed by atoms with Crippen molar-refractivity contribution in [2.24, 2.45) is 7.05 Å². The molecule has 3 aromatic rings. The van der Waals surface area contributed by atoms with E-state index in [-0.39, 0.29) is 23.8 Å². The summed E-state index contributed by atoms with van der Waals surface area (Å²) >= 11 is 0. The van der Waals surface area contributed by atoms with E-state index in [1.807, 2.05) is 61.3 Å². The first kappa shape index (κ1) is 25.7. The lowest BCUT2D eigenvalue weighted by atomic mass is 9.86. The Morgan fingerprint density at radius 3 is 2.47 bits per heavy atom. The molecular weight excluding hydrogens is 454 g/mol. The monoisotopic (exact) mass is 491 g/mol. The number of benzene rings is 2. The summed E-state index contributed by atoms with van der Waals surface area (Å²) in [7, 11) is 2.01. The molecule has 0 radical (unpaired) electrons. The van der Waals surface area contributed by atoms with Gasteiger partial charge in [-0.25, -0.2) is 4.98 Å². The lowest BCUT2D eigenvalue weighted by Crippen LogP contribution is -2.48. The number of hydrogen-bond donors (Lipinski definition) is 1. The van der Waals surface area contributed by atoms with E-state index in [1.165, 1.54) is 0 Å². The molecular formula is C28H37N5O3. The van der Waals surface area contributed by atoms with E-state index in [9.17, 15) is 9.59 Å². The summed E-state index contributed by atoms with van der Waals surface area (Å²) in [6, 6.07) is 13.6. The lowest BCUT2D eigenvalue weighted by Gasteiger charge is -2.34. The fraction of sp³-hybridized carbons (Fsp3) is 0.464. The molecule has 4 rings (SSSR count). The maximum Gasteiger partial charge on any atom is 0.262 e. The molecule has 36 heavy (non-hydrogen) atoms. The Morgan fingerprint density at radius 1 is 1.06 bits per heavy atom. The number of rotatable bonds is 7. The molecule has 2 heterocycles. The zero-order chi connectivity index (χ0) is 25.9. The highest BCUT2D eigenvalue weighted by Crippen LogP contribution is 2.31. The molecule has 0 unspecified atom stereocenters. The summed E-state index contributed by atoms with van der Waals surface area (Å²) in [5.74, 6) is 1.69. The molecule has 0 bridgehead atoms. The van der Waals surface area contributed by atoms with Crippen LogP contribution in [0.25, 0.3) is 11.0 Å². The minimum atomic E-state index is -0.214. The minimum Gasteiger partial charge on any atom is -0.483 e. The Bertz CT molecular complexity index is 1240. The van der Waals surface area contributed by atoms with Gasteiger partial charge in [-0.2, -0.15) is 0 Å². The third-order valence-electron chi connectivity index (χ3n) is 6.70. The van der Waals surface area contributed by atoms with Gasteiger partial charge >= 0.3 is 0 Å². The standard InChI is InChI=1S/C28H37N5O3/c1-6-27(35)33-15-13-32(14-16-33)18-25-30-22-17-20(11-12-23(22)31(25)5)29-26(34)19-36-24-10-8-7-9-21(24)28(2,3)4/h7-12,17H,6,13-16,18-19H2,1-5H3,(H,29,34). The number of hydrogen-bond acceptors (Lipinski definition) is 5. The van der Waals surface area contributed by atoms with E-state index in [0.29, 0.717) is 12.1 Å². The van der Waals surface area contributed by atoms with Crippen molar-refractivity contribution in [2.45, 2.75) is 46.1 Å². The summed E-state index contributed by atoms with van der Waals surface area (Å²) in [6.07, 6.45) is 0.556. The summed E-state index contributed by atoms with van der Waals surface area (Å²) in [6.45, 7) is 12.1. The molecule has 0 aliphatic carbocycles. The van der Waals surface area contributed by atoms with E-state index in [2.05, 4.69) is 35.6 Å². The molecule has 0 saturated carbocycles. The van der Waals surface area contributed by atoms with Crippen LogP contribution in [0.15, 0.2) is 42.5 Å². The second-order valence-corrected chi connectivity index (χ2v) is 10.4. The zero-order valence-electron chi connectivity index (χ0n) is 22.0. The third kappa shape index (κ3) is 5.87. The Morgan fingerprint density at radius 2 is 1.78 bits per heavy atom. The molecule has 0 atom stereocenters. The van der Waals surface area contributed by atoms with E-state index in [1.54, 1.807) is 0 Å². The van der Waals surface area contributed by atoms with Crippen LogP contribution in [0.3, 0.4) is 0 Å². The second-order valence-electron chi connectivity index (χ2n) is 10.4. The van der Waals surface area contributed by atoms with Crippen molar-refractivity contribution in [1.29, 1.82) is 0 Å². The predicted octanol–water partition coefficient (Wildman–Crippen LogP) is 3.94. The molecule has 1 aliphatic rings. The highest BCUT2D eigenvalue weighted by atomic mass is 16.5. The number of para-hydroxylation sites is 1. The number of carbonyl (C=O) groups excluding carboxylic acids is 2. The number of fused-ring (bicyclic) bond motifs is 1. The fourth-order valence-corrected chi connectivity index (χ4v) is 4.60. The van der Waals surface area contributed by atoms with Crippen LogP contribution in [0.5, 0.6) is 5.75 Å². The number of ether oxygens (including phenoxy) is 1. The van der Waals surface area contributed by atoms with Crippen LogP contribution in [0.1, 0.15) is 45.5 Å². The number of imidazole rings is 1. The van der Waals surface area contributed by atoms with Crippen molar-refractivity contribution in [2.75, 3.05) is 38.1 Å². The first-order chi connectivity index (χ1) is 17.2. The number of carbonyl (C=O) groups is 2. The average molecular weight is 492 g/mol. The van der Waals surface area contributed by atoms with E-state index in [4.69, 9.17) is 9.72 Å². The lowest BCUT2D eigenvalue weighted by molar-refractivity contribution is -0.132. The molecule has 2 aromatic carbocycles. The minimum absolute atomic E-state index is 0.0644. The highest BCUT2D eigenvalue weighted by molar-refractivity contribution is 5.94. The Kier molecular flexibility index (Phi) is 7.64. The number of aromatic nitrogens is 2. The van der Waals surface area contributed by atoms with Gasteiger partial charge < -0.3 is 19.5 Å². The van der Waals surface area contributed by atoms with Crippen molar-refractivity contribution >= 4 is 28.5 Å². The first-order valence-corrected chi connectivity index (χ1v) is 12.6. The Hall–Kier alpha value is -3.39. The van der Waals surface area contributed by atoms with Crippen LogP contribution >= 0.6 is 0 Å². The Labute approximate surface area is 213 Å². The molecule has 1 N–H and O–H groups in total. The van der Waals surface area contributed by atoms with Gasteiger partial charge in [0.1, 0.15) is 11.6 Å². The van der Waals surface area contributed by atoms with Crippen LogP contribution < -0.4 is 10.1 Å². The summed E-state index contributed by atoms with van der Waals surface area (Å²) in [4.78, 5) is 33.7. The first-order valence-electron chi connectivity index (χ1n) is 12.6. The summed E-state index contributed by atoms with van der Waals surface area (Å²) in [5, 5.41) is 2.93. The van der Waals surface area contributed by atoms with Gasteiger partial charge in [0.25, 0.3) is 5.91 Å². The van der Waals surface area contributed by atoms with Crippen LogP contribution in [0.4, 0.5) is 5.69 Å². The van der Waals surface area contributed by atoms with Gasteiger partial charge in [0.05, 0.1) is 17.6 Å². The number of nitrogens with zero attached hydrogens (tertiary/aromatic N) is 4. The van der Waals surface area contributed by atoms with Crippen molar-refractivity contribution in [3.63, 3.8) is 0 Å². The van der Waals surface area contributed by atoms with Gasteiger partial charge in [-0.3, -0.25) is 14.5 Å². The zero-order valence-corrected chi connectivity index (χ0v) is 22.0. The van der Waals surface area contributed by atoms with E-state index >= 15 is 0 Å². The second kappa shape index (κ2) is 10.7. The number of anilines is 1. The molecule has 2 amide bonds. The maximum absolute atomic E-state index is 12.6. The molecule has 8 heteroatoms. The van der Waals surface area contributed by atoms with E-state index in [0.717, 1.165) is 60.9 Å². The molecule has 1 saturated heterocycles. The van der Waals surface area contributed by atoms with Crippen LogP contribution in [0.2, 0.25) is 0 Å². The molecule has 192 valence electrons. The summed E-state index contributed by atoms with van der Waals surface area (Å²) in [5.41, 5.74) is 3.53. The van der Waals surface area contributed by atoms with Gasteiger partial charge in [0.15, 0.2) is 6.61 Å². The quantitative estimate of drug-likeness (QED) is 0.542. The predicted molar refractivity (Wildman–Crippen MR) is 142 cm³/mol. The molecule has 1 fully saturated rings. The van der Waals surface area contributed by atoms with Crippen molar-refractivity contribution in [1.82, 2.24) is 19.4 Å². The van der Waals surface area contributed by atoms with Crippen LogP contribution in [-0.2, 0) is 28.6 Å². The van der Waals surface area contributed by atoms with Gasteiger partial charge in [-0.05, 0) is 35.2 Å². The smallest absolute Gasteiger partial charge is 0.262 e. The van der Waals surface area contributed by atoms with Gasteiger partial charge in [0, 0.05) is 45.3 Å². The number of amides is 2. The largest absolute Gasteiger partial charge is 0.483 e. The maximum atomic E-state index is 12.6. The van der Waals surface area contributed by atoms with Gasteiger partial charge in [-0.1, -0.05) is 45.9 Å². The average Bonchev–Trinajstić information content (AvgIpc) is 3.16.